The second-order valence-corrected chi connectivity index (χ2v) is 6.61. The van der Waals surface area contributed by atoms with E-state index in [4.69, 9.17) is 9.15 Å². The van der Waals surface area contributed by atoms with E-state index >= 15 is 0 Å². The van der Waals surface area contributed by atoms with Gasteiger partial charge in [-0.25, -0.2) is 4.79 Å². The van der Waals surface area contributed by atoms with Crippen LogP contribution >= 0.6 is 0 Å². The molecule has 6 heteroatoms. The maximum Gasteiger partial charge on any atom is 0.375 e. The first-order valence-electron chi connectivity index (χ1n) is 9.05. The molecule has 1 aromatic heterocycles. The second-order valence-electron chi connectivity index (χ2n) is 6.61. The molecule has 0 bridgehead atoms. The summed E-state index contributed by atoms with van der Waals surface area (Å²) in [6.45, 7) is 4.29. The predicted molar refractivity (Wildman–Crippen MR) is 97.0 cm³/mol. The Hall–Kier alpha value is -2.63. The molecule has 1 fully saturated rings. The van der Waals surface area contributed by atoms with Crippen LogP contribution in [0.3, 0.4) is 0 Å². The quantitative estimate of drug-likeness (QED) is 0.786. The van der Waals surface area contributed by atoms with Gasteiger partial charge in [-0.1, -0.05) is 19.1 Å². The maximum absolute atomic E-state index is 12.7. The van der Waals surface area contributed by atoms with Crippen LogP contribution in [0.1, 0.15) is 50.1 Å². The predicted octanol–water partition coefficient (Wildman–Crippen LogP) is 3.13. The SMILES string of the molecule is CCC1CCCCN1C(=O)C(C)OC(=O)c1cc(=O)c2ccccc2o1. The Labute approximate surface area is 151 Å². The fraction of sp³-hybridized carbons (Fsp3) is 0.450. The van der Waals surface area contributed by atoms with Gasteiger partial charge < -0.3 is 14.1 Å². The molecule has 0 aliphatic carbocycles. The van der Waals surface area contributed by atoms with E-state index in [0.717, 1.165) is 31.7 Å². The number of ether oxygens (including phenoxy) is 1. The number of carbonyl (C=O) groups is 2. The normalized spacial score (nSPS) is 18.5. The van der Waals surface area contributed by atoms with Crippen LogP contribution in [0.25, 0.3) is 11.0 Å². The summed E-state index contributed by atoms with van der Waals surface area (Å²) in [5.74, 6) is -1.20. The van der Waals surface area contributed by atoms with Gasteiger partial charge in [0.25, 0.3) is 5.91 Å². The van der Waals surface area contributed by atoms with Gasteiger partial charge in [0, 0.05) is 18.7 Å². The molecule has 3 rings (SSSR count). The van der Waals surface area contributed by atoms with E-state index in [2.05, 4.69) is 6.92 Å². The van der Waals surface area contributed by atoms with E-state index in [1.165, 1.54) is 0 Å². The summed E-state index contributed by atoms with van der Waals surface area (Å²) in [4.78, 5) is 38.9. The van der Waals surface area contributed by atoms with Gasteiger partial charge in [0.1, 0.15) is 5.58 Å². The average molecular weight is 357 g/mol. The molecule has 2 atom stereocenters. The van der Waals surface area contributed by atoms with E-state index in [1.807, 2.05) is 0 Å². The van der Waals surface area contributed by atoms with Gasteiger partial charge in [0.2, 0.25) is 5.76 Å². The highest BCUT2D eigenvalue weighted by atomic mass is 16.6. The Morgan fingerprint density at radius 3 is 2.85 bits per heavy atom. The number of para-hydroxylation sites is 1. The van der Waals surface area contributed by atoms with Gasteiger partial charge >= 0.3 is 5.97 Å². The summed E-state index contributed by atoms with van der Waals surface area (Å²) in [5, 5.41) is 0.396. The molecular weight excluding hydrogens is 334 g/mol. The van der Waals surface area contributed by atoms with Crippen LogP contribution in [-0.4, -0.2) is 35.5 Å². The van der Waals surface area contributed by atoms with Crippen molar-refractivity contribution in [1.29, 1.82) is 0 Å². The van der Waals surface area contributed by atoms with Crippen LogP contribution in [0.5, 0.6) is 0 Å². The van der Waals surface area contributed by atoms with Crippen LogP contribution in [-0.2, 0) is 9.53 Å². The van der Waals surface area contributed by atoms with Crippen LogP contribution in [0.2, 0.25) is 0 Å². The zero-order valence-electron chi connectivity index (χ0n) is 15.1. The molecule has 1 aliphatic rings. The smallest absolute Gasteiger partial charge is 0.375 e. The van der Waals surface area contributed by atoms with E-state index in [-0.39, 0.29) is 23.1 Å². The summed E-state index contributed by atoms with van der Waals surface area (Å²) in [6.07, 6.45) is 3.00. The number of nitrogens with zero attached hydrogens (tertiary/aromatic N) is 1. The third kappa shape index (κ3) is 3.64. The zero-order chi connectivity index (χ0) is 18.7. The van der Waals surface area contributed by atoms with Crippen molar-refractivity contribution in [3.05, 3.63) is 46.3 Å². The topological polar surface area (TPSA) is 76.8 Å². The molecule has 1 saturated heterocycles. The number of fused-ring (bicyclic) bond motifs is 1. The van der Waals surface area contributed by atoms with Gasteiger partial charge in [-0.15, -0.1) is 0 Å². The molecule has 1 amide bonds. The summed E-state index contributed by atoms with van der Waals surface area (Å²) in [6, 6.07) is 7.98. The van der Waals surface area contributed by atoms with E-state index in [0.29, 0.717) is 17.5 Å². The van der Waals surface area contributed by atoms with Crippen molar-refractivity contribution in [3.8, 4) is 0 Å². The lowest BCUT2D eigenvalue weighted by molar-refractivity contribution is -0.143. The molecule has 0 saturated carbocycles. The highest BCUT2D eigenvalue weighted by molar-refractivity contribution is 5.91. The number of esters is 1. The first-order chi connectivity index (χ1) is 12.5. The lowest BCUT2D eigenvalue weighted by Gasteiger charge is -2.36. The number of carbonyl (C=O) groups excluding carboxylic acids is 2. The Kier molecular flexibility index (Phi) is 5.40. The lowest BCUT2D eigenvalue weighted by atomic mass is 9.99. The van der Waals surface area contributed by atoms with Crippen LogP contribution < -0.4 is 5.43 Å². The number of piperidine rings is 1. The number of hydrogen-bond donors (Lipinski definition) is 0. The largest absolute Gasteiger partial charge is 0.449 e. The molecule has 0 N–H and O–H groups in total. The first kappa shape index (κ1) is 18.2. The molecular formula is C20H23NO5. The lowest BCUT2D eigenvalue weighted by Crippen LogP contribution is -2.48. The standard InChI is InChI=1S/C20H23NO5/c1-3-14-8-6-7-11-21(14)19(23)13(2)25-20(24)18-12-16(22)15-9-4-5-10-17(15)26-18/h4-5,9-10,12-14H,3,6-8,11H2,1-2H3. The minimum Gasteiger partial charge on any atom is -0.449 e. The number of benzene rings is 1. The van der Waals surface area contributed by atoms with E-state index in [1.54, 1.807) is 36.1 Å². The fourth-order valence-corrected chi connectivity index (χ4v) is 3.42. The van der Waals surface area contributed by atoms with Crippen LogP contribution in [0.4, 0.5) is 0 Å². The van der Waals surface area contributed by atoms with Gasteiger partial charge in [-0.05, 0) is 44.7 Å². The number of likely N-dealkylation sites (tertiary alicyclic amines) is 1. The molecule has 1 aromatic carbocycles. The van der Waals surface area contributed by atoms with Gasteiger partial charge in [-0.2, -0.15) is 0 Å². The highest BCUT2D eigenvalue weighted by Crippen LogP contribution is 2.21. The first-order valence-corrected chi connectivity index (χ1v) is 9.05. The molecule has 1 aliphatic heterocycles. The Morgan fingerprint density at radius 2 is 2.08 bits per heavy atom. The summed E-state index contributed by atoms with van der Waals surface area (Å²) in [7, 11) is 0. The third-order valence-electron chi connectivity index (χ3n) is 4.85. The average Bonchev–Trinajstić information content (AvgIpc) is 2.67. The van der Waals surface area contributed by atoms with Crippen molar-refractivity contribution in [1.82, 2.24) is 4.90 Å². The number of amides is 1. The monoisotopic (exact) mass is 357 g/mol. The molecule has 0 spiro atoms. The molecule has 2 aromatic rings. The molecule has 2 unspecified atom stereocenters. The van der Waals surface area contributed by atoms with Crippen molar-refractivity contribution in [2.75, 3.05) is 6.54 Å². The van der Waals surface area contributed by atoms with Gasteiger partial charge in [-0.3, -0.25) is 9.59 Å². The summed E-state index contributed by atoms with van der Waals surface area (Å²) >= 11 is 0. The number of hydrogen-bond acceptors (Lipinski definition) is 5. The third-order valence-corrected chi connectivity index (χ3v) is 4.85. The van der Waals surface area contributed by atoms with Crippen LogP contribution in [0, 0.1) is 0 Å². The van der Waals surface area contributed by atoms with Crippen molar-refractivity contribution < 1.29 is 18.7 Å². The number of rotatable bonds is 4. The van der Waals surface area contributed by atoms with Gasteiger partial charge in [0.15, 0.2) is 11.5 Å². The zero-order valence-corrected chi connectivity index (χ0v) is 15.1. The Balaban J connectivity index is 1.75. The molecule has 138 valence electrons. The molecule has 26 heavy (non-hydrogen) atoms. The summed E-state index contributed by atoms with van der Waals surface area (Å²) in [5.41, 5.74) is -0.00661. The summed E-state index contributed by atoms with van der Waals surface area (Å²) < 4.78 is 10.8. The van der Waals surface area contributed by atoms with Gasteiger partial charge in [0.05, 0.1) is 5.39 Å². The minimum absolute atomic E-state index is 0.191. The minimum atomic E-state index is -0.925. The molecule has 2 heterocycles. The van der Waals surface area contributed by atoms with Crippen molar-refractivity contribution in [2.24, 2.45) is 0 Å². The molecule has 0 radical (unpaired) electrons. The maximum atomic E-state index is 12.7. The Morgan fingerprint density at radius 1 is 1.31 bits per heavy atom. The van der Waals surface area contributed by atoms with E-state index in [9.17, 15) is 14.4 Å². The van der Waals surface area contributed by atoms with Crippen molar-refractivity contribution >= 4 is 22.8 Å². The fourth-order valence-electron chi connectivity index (χ4n) is 3.42. The van der Waals surface area contributed by atoms with Crippen molar-refractivity contribution in [3.63, 3.8) is 0 Å². The Bertz CT molecular complexity index is 872. The van der Waals surface area contributed by atoms with E-state index < -0.39 is 12.1 Å². The second kappa shape index (κ2) is 7.72. The van der Waals surface area contributed by atoms with Crippen molar-refractivity contribution in [2.45, 2.75) is 51.7 Å². The van der Waals surface area contributed by atoms with Crippen LogP contribution in [0.15, 0.2) is 39.5 Å². The molecule has 6 nitrogen and oxygen atoms in total. The highest BCUT2D eigenvalue weighted by Gasteiger charge is 2.31.